The van der Waals surface area contributed by atoms with Gasteiger partial charge >= 0.3 is 5.97 Å². The highest BCUT2D eigenvalue weighted by molar-refractivity contribution is 5.95. The monoisotopic (exact) mass is 888 g/mol. The van der Waals surface area contributed by atoms with Crippen LogP contribution in [0.25, 0.3) is 0 Å². The molecule has 0 radical (unpaired) electrons. The third-order valence-electron chi connectivity index (χ3n) is 13.8. The maximum absolute atomic E-state index is 12.5. The van der Waals surface area contributed by atoms with Gasteiger partial charge in [0.1, 0.15) is 0 Å². The molecule has 1 aromatic rings. The Morgan fingerprint density at radius 1 is 0.375 bits per heavy atom. The van der Waals surface area contributed by atoms with Crippen molar-refractivity contribution in [2.75, 3.05) is 5.73 Å². The Balaban J connectivity index is 2.61. The summed E-state index contributed by atoms with van der Waals surface area (Å²) in [5.74, 6) is -0.870. The first-order valence-electron chi connectivity index (χ1n) is 28.7. The normalized spacial score (nSPS) is 12.0. The average molecular weight is 889 g/mol. The number of unbranched alkanes of at least 4 members (excludes halogenated alkanes) is 36. The van der Waals surface area contributed by atoms with Crippen LogP contribution in [-0.2, 0) is 19.3 Å². The zero-order valence-electron chi connectivity index (χ0n) is 43.3. The lowest BCUT2D eigenvalue weighted by Crippen LogP contribution is -2.12. The fourth-order valence-electron chi connectivity index (χ4n) is 9.52. The number of benzene rings is 1. The molecule has 370 valence electrons. The molecule has 3 heteroatoms. The largest absolute Gasteiger partial charge is 0.478 e. The average Bonchev–Trinajstić information content (AvgIpc) is 3.29. The van der Waals surface area contributed by atoms with Crippen LogP contribution in [0.2, 0.25) is 0 Å². The molecule has 0 bridgehead atoms. The van der Waals surface area contributed by atoms with Crippen LogP contribution in [0.5, 0.6) is 0 Å². The molecule has 0 aliphatic carbocycles. The summed E-state index contributed by atoms with van der Waals surface area (Å²) in [6.07, 6.45) is 72.3. The van der Waals surface area contributed by atoms with Crippen molar-refractivity contribution in [2.24, 2.45) is 0 Å². The number of carboxylic acids is 1. The molecule has 0 heterocycles. The van der Waals surface area contributed by atoms with Crippen molar-refractivity contribution in [3.8, 4) is 0 Å². The van der Waals surface area contributed by atoms with Crippen LogP contribution >= 0.6 is 0 Å². The van der Waals surface area contributed by atoms with E-state index in [4.69, 9.17) is 5.73 Å². The highest BCUT2D eigenvalue weighted by Gasteiger charge is 2.19. The second-order valence-corrected chi connectivity index (χ2v) is 19.8. The molecule has 64 heavy (non-hydrogen) atoms. The molecule has 0 saturated carbocycles. The number of allylic oxidation sites excluding steroid dienone is 6. The fraction of sp³-hybridized carbons (Fsp3) is 0.787. The van der Waals surface area contributed by atoms with Crippen LogP contribution in [0.1, 0.15) is 317 Å². The summed E-state index contributed by atoms with van der Waals surface area (Å²) in [7, 11) is 0. The van der Waals surface area contributed by atoms with Gasteiger partial charge in [-0.3, -0.25) is 0 Å². The number of rotatable bonds is 49. The minimum atomic E-state index is -0.870. The molecule has 0 unspecified atom stereocenters. The molecule has 0 fully saturated rings. The number of carbonyl (C=O) groups is 1. The standard InChI is InChI=1S/C61H109NO2/c1-4-7-10-13-16-19-22-25-28-31-34-37-40-43-46-49-52-56-55-59(61(63)64)60(62)58(54-51-48-45-42-39-36-33-30-27-24-21-18-15-12-9-6-3)57(56)53-50-47-44-41-38-35-32-29-26-23-20-17-14-11-8-5-2/h25-30,55H,4-24,31-54,62H2,1-3H3,(H,63,64)/b28-25-,29-26-,30-27-. The van der Waals surface area contributed by atoms with Crippen molar-refractivity contribution in [1.29, 1.82) is 0 Å². The third-order valence-corrected chi connectivity index (χ3v) is 13.8. The number of aryl methyl sites for hydroxylation is 1. The van der Waals surface area contributed by atoms with Crippen LogP contribution in [0.4, 0.5) is 5.69 Å². The highest BCUT2D eigenvalue weighted by Crippen LogP contribution is 2.31. The maximum Gasteiger partial charge on any atom is 0.337 e. The molecule has 3 nitrogen and oxygen atoms in total. The first-order valence-corrected chi connectivity index (χ1v) is 28.7. The summed E-state index contributed by atoms with van der Waals surface area (Å²) in [5, 5.41) is 10.3. The van der Waals surface area contributed by atoms with Crippen molar-refractivity contribution in [3.63, 3.8) is 0 Å². The molecule has 0 atom stereocenters. The van der Waals surface area contributed by atoms with E-state index >= 15 is 0 Å². The number of nitrogen functional groups attached to an aromatic ring is 1. The lowest BCUT2D eigenvalue weighted by Gasteiger charge is -2.20. The van der Waals surface area contributed by atoms with E-state index in [0.717, 1.165) is 32.1 Å². The summed E-state index contributed by atoms with van der Waals surface area (Å²) in [6.45, 7) is 6.86. The summed E-state index contributed by atoms with van der Waals surface area (Å²) in [6, 6.07) is 1.97. The summed E-state index contributed by atoms with van der Waals surface area (Å²) < 4.78 is 0. The van der Waals surface area contributed by atoms with Crippen LogP contribution in [0, 0.1) is 0 Å². The zero-order valence-corrected chi connectivity index (χ0v) is 43.3. The Hall–Kier alpha value is -2.29. The predicted molar refractivity (Wildman–Crippen MR) is 287 cm³/mol. The molecular formula is C61H109NO2. The predicted octanol–water partition coefficient (Wildman–Crippen LogP) is 20.7. The second-order valence-electron chi connectivity index (χ2n) is 19.8. The number of hydrogen-bond donors (Lipinski definition) is 2. The van der Waals surface area contributed by atoms with Crippen LogP contribution < -0.4 is 5.73 Å². The summed E-state index contributed by atoms with van der Waals surface area (Å²) in [4.78, 5) is 12.5. The first-order chi connectivity index (χ1) is 31.6. The van der Waals surface area contributed by atoms with E-state index in [1.165, 1.54) is 274 Å². The lowest BCUT2D eigenvalue weighted by atomic mass is 9.86. The summed E-state index contributed by atoms with van der Waals surface area (Å²) in [5.41, 5.74) is 11.5. The molecule has 1 aromatic carbocycles. The van der Waals surface area contributed by atoms with Gasteiger partial charge in [-0.2, -0.15) is 0 Å². The van der Waals surface area contributed by atoms with Crippen molar-refractivity contribution in [1.82, 2.24) is 0 Å². The van der Waals surface area contributed by atoms with Crippen molar-refractivity contribution in [2.45, 2.75) is 310 Å². The molecule has 0 aliphatic rings. The Morgan fingerprint density at radius 2 is 0.625 bits per heavy atom. The molecule has 0 spiro atoms. The number of nitrogens with two attached hydrogens (primary N) is 1. The van der Waals surface area contributed by atoms with Gasteiger partial charge < -0.3 is 10.8 Å². The van der Waals surface area contributed by atoms with E-state index < -0.39 is 5.97 Å². The minimum Gasteiger partial charge on any atom is -0.478 e. The van der Waals surface area contributed by atoms with Crippen LogP contribution in [-0.4, -0.2) is 11.1 Å². The summed E-state index contributed by atoms with van der Waals surface area (Å²) >= 11 is 0. The molecule has 3 N–H and O–H groups in total. The van der Waals surface area contributed by atoms with Gasteiger partial charge in [-0.1, -0.05) is 231 Å². The van der Waals surface area contributed by atoms with Gasteiger partial charge in [-0.25, -0.2) is 4.79 Å². The van der Waals surface area contributed by atoms with Gasteiger partial charge in [-0.05, 0) is 138 Å². The van der Waals surface area contributed by atoms with E-state index in [9.17, 15) is 9.90 Å². The second kappa shape index (κ2) is 47.2. The SMILES string of the molecule is CCCCCCCC/C=C\CCCCCCCCc1cc(C(=O)O)c(N)c(CCCCCCCC/C=C\CCCCCCCC)c1CCCCCCCC/C=C\CCCCCCCC. The van der Waals surface area contributed by atoms with Gasteiger partial charge in [-0.15, -0.1) is 0 Å². The lowest BCUT2D eigenvalue weighted by molar-refractivity contribution is 0.0697. The molecule has 0 saturated heterocycles. The number of carboxylic acid groups (broad SMARTS) is 1. The molecule has 0 amide bonds. The zero-order chi connectivity index (χ0) is 46.2. The topological polar surface area (TPSA) is 63.3 Å². The fourth-order valence-corrected chi connectivity index (χ4v) is 9.52. The van der Waals surface area contributed by atoms with E-state index in [1.807, 2.05) is 6.07 Å². The molecular weight excluding hydrogens is 779 g/mol. The van der Waals surface area contributed by atoms with Crippen molar-refractivity contribution in [3.05, 3.63) is 64.8 Å². The van der Waals surface area contributed by atoms with Gasteiger partial charge in [0.05, 0.1) is 5.56 Å². The molecule has 0 aliphatic heterocycles. The molecule has 1 rings (SSSR count). The van der Waals surface area contributed by atoms with E-state index in [0.29, 0.717) is 11.3 Å². The van der Waals surface area contributed by atoms with E-state index in [-0.39, 0.29) is 0 Å². The quantitative estimate of drug-likeness (QED) is 0.0389. The van der Waals surface area contributed by atoms with Gasteiger partial charge in [0.2, 0.25) is 0 Å². The number of aromatic carboxylic acids is 1. The van der Waals surface area contributed by atoms with E-state index in [1.54, 1.807) is 0 Å². The highest BCUT2D eigenvalue weighted by atomic mass is 16.4. The number of hydrogen-bond acceptors (Lipinski definition) is 2. The Kier molecular flexibility index (Phi) is 44.1. The Labute approximate surface area is 400 Å². The van der Waals surface area contributed by atoms with Gasteiger partial charge in [0, 0.05) is 5.69 Å². The number of anilines is 1. The van der Waals surface area contributed by atoms with Crippen LogP contribution in [0.15, 0.2) is 42.5 Å². The van der Waals surface area contributed by atoms with Crippen molar-refractivity contribution >= 4 is 11.7 Å². The van der Waals surface area contributed by atoms with Gasteiger partial charge in [0.25, 0.3) is 0 Å². The van der Waals surface area contributed by atoms with Crippen molar-refractivity contribution < 1.29 is 9.90 Å². The van der Waals surface area contributed by atoms with Gasteiger partial charge in [0.15, 0.2) is 0 Å². The Morgan fingerprint density at radius 3 is 0.922 bits per heavy atom. The maximum atomic E-state index is 12.5. The first kappa shape index (κ1) is 59.7. The smallest absolute Gasteiger partial charge is 0.337 e. The Bertz CT molecular complexity index is 1260. The molecule has 0 aromatic heterocycles. The third kappa shape index (κ3) is 35.9. The van der Waals surface area contributed by atoms with E-state index in [2.05, 4.69) is 57.2 Å². The minimum absolute atomic E-state index is 0.337. The van der Waals surface area contributed by atoms with Crippen LogP contribution in [0.3, 0.4) is 0 Å².